The largest absolute Gasteiger partial charge is 0.489 e. The Balaban J connectivity index is 1.45. The second-order valence-electron chi connectivity index (χ2n) is 10.0. The highest BCUT2D eigenvalue weighted by molar-refractivity contribution is 6.02. The van der Waals surface area contributed by atoms with Crippen molar-refractivity contribution in [3.05, 3.63) is 106 Å². The van der Waals surface area contributed by atoms with Gasteiger partial charge in [0, 0.05) is 24.1 Å². The highest BCUT2D eigenvalue weighted by Gasteiger charge is 2.82. The third-order valence-corrected chi connectivity index (χ3v) is 7.75. The molecule has 0 N–H and O–H groups in total. The van der Waals surface area contributed by atoms with Gasteiger partial charge in [-0.25, -0.2) is 4.79 Å². The van der Waals surface area contributed by atoms with E-state index in [-0.39, 0.29) is 18.1 Å². The van der Waals surface area contributed by atoms with Gasteiger partial charge < -0.3 is 14.2 Å². The lowest BCUT2D eigenvalue weighted by atomic mass is 9.68. The number of nitrogens with zero attached hydrogens (tertiary/aromatic N) is 2. The lowest BCUT2D eigenvalue weighted by Gasteiger charge is -2.40. The Morgan fingerprint density at radius 1 is 1.12 bits per heavy atom. The zero-order valence-corrected chi connectivity index (χ0v) is 22.3. The third-order valence-electron chi connectivity index (χ3n) is 7.75. The minimum atomic E-state index is -1.25. The second kappa shape index (κ2) is 10.5. The Morgan fingerprint density at radius 3 is 2.69 bits per heavy atom. The lowest BCUT2D eigenvalue weighted by Crippen LogP contribution is -2.58. The number of hydrogen-bond acceptors (Lipinski definition) is 7. The quantitative estimate of drug-likeness (QED) is 0.176. The van der Waals surface area contributed by atoms with Gasteiger partial charge in [-0.2, -0.15) is 0 Å². The fourth-order valence-electron chi connectivity index (χ4n) is 5.93. The summed E-state index contributed by atoms with van der Waals surface area (Å²) in [5, 5.41) is 11.5. The molecule has 0 radical (unpaired) electrons. The Labute approximate surface area is 241 Å². The number of terminal acetylenes is 1. The maximum atomic E-state index is 13.9. The fraction of sp³-hybridized carbons (Fsp3) is 0.212. The number of ketones is 1. The lowest BCUT2D eigenvalue weighted by molar-refractivity contribution is -0.385. The van der Waals surface area contributed by atoms with Crippen LogP contribution in [0.5, 0.6) is 11.5 Å². The number of anilines is 1. The zero-order chi connectivity index (χ0) is 29.3. The molecule has 2 heterocycles. The molecule has 3 aliphatic rings. The van der Waals surface area contributed by atoms with Crippen LogP contribution in [0.3, 0.4) is 0 Å². The van der Waals surface area contributed by atoms with E-state index in [2.05, 4.69) is 17.8 Å². The van der Waals surface area contributed by atoms with E-state index < -0.39 is 28.3 Å². The van der Waals surface area contributed by atoms with E-state index in [9.17, 15) is 19.7 Å². The number of amides is 1. The number of carbonyl (C=O) groups excluding carboxylic acids is 2. The van der Waals surface area contributed by atoms with Crippen molar-refractivity contribution in [1.29, 1.82) is 0 Å². The van der Waals surface area contributed by atoms with Crippen molar-refractivity contribution in [3.63, 3.8) is 0 Å². The van der Waals surface area contributed by atoms with Crippen molar-refractivity contribution in [2.45, 2.75) is 43.1 Å². The van der Waals surface area contributed by atoms with Crippen molar-refractivity contribution < 1.29 is 28.7 Å². The second-order valence-corrected chi connectivity index (χ2v) is 10.0. The first-order valence-electron chi connectivity index (χ1n) is 13.3. The van der Waals surface area contributed by atoms with E-state index in [0.717, 1.165) is 0 Å². The molecule has 0 spiro atoms. The normalized spacial score (nSPS) is 23.4. The molecule has 1 amide bonds. The molecule has 3 atom stereocenters. The third kappa shape index (κ3) is 4.28. The zero-order valence-electron chi connectivity index (χ0n) is 22.3. The number of fused-ring (bicyclic) bond motifs is 1. The molecule has 3 aromatic rings. The minimum absolute atomic E-state index is 0.0678. The van der Waals surface area contributed by atoms with Gasteiger partial charge in [0.25, 0.3) is 5.69 Å². The maximum absolute atomic E-state index is 13.9. The van der Waals surface area contributed by atoms with Crippen LogP contribution >= 0.6 is 0 Å². The summed E-state index contributed by atoms with van der Waals surface area (Å²) in [7, 11) is 0. The van der Waals surface area contributed by atoms with Gasteiger partial charge in [0.2, 0.25) is 0 Å². The number of hydrogen-bond donors (Lipinski definition) is 0. The Bertz CT molecular complexity index is 1730. The number of ether oxygens (including phenoxy) is 3. The number of nitro benzene ring substituents is 1. The molecular weight excluding hydrogens is 536 g/mol. The molecule has 1 saturated heterocycles. The smallest absolute Gasteiger partial charge is 0.420 e. The van der Waals surface area contributed by atoms with Gasteiger partial charge in [-0.15, -0.1) is 6.42 Å². The van der Waals surface area contributed by atoms with E-state index in [1.54, 1.807) is 66.7 Å². The molecule has 1 saturated carbocycles. The summed E-state index contributed by atoms with van der Waals surface area (Å²) < 4.78 is 18.1. The van der Waals surface area contributed by atoms with E-state index in [1.165, 1.54) is 23.1 Å². The van der Waals surface area contributed by atoms with Gasteiger partial charge in [-0.05, 0) is 55.3 Å². The van der Waals surface area contributed by atoms with E-state index in [1.807, 2.05) is 0 Å². The van der Waals surface area contributed by atoms with Crippen molar-refractivity contribution in [1.82, 2.24) is 0 Å². The first-order valence-corrected chi connectivity index (χ1v) is 13.3. The predicted octanol–water partition coefficient (Wildman–Crippen LogP) is 5.47. The average Bonchev–Trinajstić information content (AvgIpc) is 3.72. The standard InChI is InChI=1S/C33H24N2O7/c1-2-3-4-8-16-29-32-20-11-17-30(36)33(32,42-32)26-19-18-25(40-22-23-12-9-10-15-27(23)35(38)39)21-28(26)34(29)31(37)41-24-13-6-5-7-14-24/h1,3-7,9-10,12-15,18-19,21,29H,11,17,20,22H2/b4-3-. The van der Waals surface area contributed by atoms with Gasteiger partial charge in [0.1, 0.15) is 29.7 Å². The first-order chi connectivity index (χ1) is 20.4. The predicted molar refractivity (Wildman–Crippen MR) is 153 cm³/mol. The molecule has 9 nitrogen and oxygen atoms in total. The van der Waals surface area contributed by atoms with Gasteiger partial charge in [-0.1, -0.05) is 48.1 Å². The van der Waals surface area contributed by atoms with Crippen molar-refractivity contribution in [3.8, 4) is 35.7 Å². The van der Waals surface area contributed by atoms with E-state index >= 15 is 0 Å². The summed E-state index contributed by atoms with van der Waals surface area (Å²) >= 11 is 0. The van der Waals surface area contributed by atoms with Gasteiger partial charge in [0.05, 0.1) is 16.2 Å². The number of para-hydroxylation sites is 2. The molecule has 3 aromatic carbocycles. The van der Waals surface area contributed by atoms with Crippen molar-refractivity contribution in [2.24, 2.45) is 0 Å². The van der Waals surface area contributed by atoms with Gasteiger partial charge >= 0.3 is 6.09 Å². The van der Waals surface area contributed by atoms with E-state index in [0.29, 0.717) is 47.6 Å². The summed E-state index contributed by atoms with van der Waals surface area (Å²) in [6.45, 7) is -0.0883. The molecule has 0 aromatic heterocycles. The molecule has 9 heteroatoms. The molecule has 42 heavy (non-hydrogen) atoms. The summed E-state index contributed by atoms with van der Waals surface area (Å²) in [6, 6.07) is 19.0. The van der Waals surface area contributed by atoms with Crippen LogP contribution in [0, 0.1) is 34.3 Å². The number of epoxide rings is 1. The highest BCUT2D eigenvalue weighted by atomic mass is 16.6. The number of carbonyl (C=O) groups is 2. The number of Topliss-reactive ketones (excluding diaryl/α,β-unsaturated/α-hetero) is 1. The van der Waals surface area contributed by atoms with Crippen LogP contribution in [-0.4, -0.2) is 28.4 Å². The van der Waals surface area contributed by atoms with Crippen LogP contribution in [0.15, 0.2) is 84.9 Å². The number of nitro groups is 1. The molecule has 3 unspecified atom stereocenters. The van der Waals surface area contributed by atoms with Gasteiger partial charge in [0.15, 0.2) is 11.4 Å². The highest BCUT2D eigenvalue weighted by Crippen LogP contribution is 2.69. The van der Waals surface area contributed by atoms with Crippen molar-refractivity contribution >= 4 is 23.3 Å². The fourth-order valence-corrected chi connectivity index (χ4v) is 5.93. The molecular formula is C33H24N2O7. The van der Waals surface area contributed by atoms with Crippen LogP contribution in [0.2, 0.25) is 0 Å². The van der Waals surface area contributed by atoms with Crippen LogP contribution < -0.4 is 14.4 Å². The van der Waals surface area contributed by atoms with Crippen LogP contribution in [0.4, 0.5) is 16.2 Å². The first kappa shape index (κ1) is 26.8. The van der Waals surface area contributed by atoms with E-state index in [4.69, 9.17) is 20.6 Å². The van der Waals surface area contributed by atoms with Crippen molar-refractivity contribution in [2.75, 3.05) is 4.90 Å². The number of allylic oxidation sites excluding steroid dienone is 2. The molecule has 2 aliphatic heterocycles. The molecule has 0 bridgehead atoms. The number of benzene rings is 3. The molecule has 2 fully saturated rings. The summed E-state index contributed by atoms with van der Waals surface area (Å²) in [4.78, 5) is 39.8. The Morgan fingerprint density at radius 2 is 1.90 bits per heavy atom. The van der Waals surface area contributed by atoms with Crippen LogP contribution in [-0.2, 0) is 21.7 Å². The SMILES string of the molecule is C#C/C=C\C#CC1N(C(=O)Oc2ccccc2)c2cc(OCc3ccccc3[N+](=O)[O-])ccc2C23OC12CCCC3=O. The summed E-state index contributed by atoms with van der Waals surface area (Å²) in [6.07, 6.45) is 9.00. The minimum Gasteiger partial charge on any atom is -0.489 e. The molecule has 208 valence electrons. The monoisotopic (exact) mass is 560 g/mol. The van der Waals surface area contributed by atoms with Crippen LogP contribution in [0.1, 0.15) is 30.4 Å². The van der Waals surface area contributed by atoms with Crippen LogP contribution in [0.25, 0.3) is 0 Å². The summed E-state index contributed by atoms with van der Waals surface area (Å²) in [5.74, 6) is 8.97. The summed E-state index contributed by atoms with van der Waals surface area (Å²) in [5.41, 5.74) is -1.12. The topological polar surface area (TPSA) is 112 Å². The maximum Gasteiger partial charge on any atom is 0.420 e. The molecule has 1 aliphatic carbocycles. The Hall–Kier alpha value is -5.38. The van der Waals surface area contributed by atoms with Gasteiger partial charge in [-0.3, -0.25) is 19.8 Å². The average molecular weight is 561 g/mol. The number of rotatable bonds is 5. The molecule has 6 rings (SSSR count). The Kier molecular flexibility index (Phi) is 6.74.